The Balaban J connectivity index is 2.31. The molecule has 2 aromatic carbocycles. The van der Waals surface area contributed by atoms with E-state index in [-0.39, 0.29) is 5.56 Å². The summed E-state index contributed by atoms with van der Waals surface area (Å²) >= 11 is 0.549. The summed E-state index contributed by atoms with van der Waals surface area (Å²) in [5.74, 6) is 0. The van der Waals surface area contributed by atoms with Gasteiger partial charge in [0.05, 0.1) is 0 Å². The molecule has 0 nitrogen and oxygen atoms in total. The lowest BCUT2D eigenvalue weighted by Gasteiger charge is -2.13. The molecule has 0 amide bonds. The Morgan fingerprint density at radius 2 is 1.35 bits per heavy atom. The fourth-order valence-corrected chi connectivity index (χ4v) is 1.98. The Kier molecular flexibility index (Phi) is 3.48. The van der Waals surface area contributed by atoms with E-state index in [1.807, 2.05) is 30.3 Å². The van der Waals surface area contributed by atoms with Gasteiger partial charge in [-0.05, 0) is 17.4 Å². The number of alkyl halides is 2. The molecule has 2 aromatic rings. The molecule has 0 spiro atoms. The molecule has 0 saturated carbocycles. The second-order valence-corrected chi connectivity index (χ2v) is 4.59. The number of hydrogen-bond acceptors (Lipinski definition) is 1. The van der Waals surface area contributed by atoms with E-state index < -0.39 is 5.25 Å². The minimum absolute atomic E-state index is 0.0460. The molecule has 17 heavy (non-hydrogen) atoms. The molecule has 3 heteroatoms. The second-order valence-electron chi connectivity index (χ2n) is 3.66. The van der Waals surface area contributed by atoms with Gasteiger partial charge in [0.1, 0.15) is 0 Å². The number of benzene rings is 2. The monoisotopic (exact) mass is 250 g/mol. The van der Waals surface area contributed by atoms with E-state index in [9.17, 15) is 8.78 Å². The largest absolute Gasteiger partial charge is 0.319 e. The molecule has 0 bridgehead atoms. The number of hydrogen-bond donors (Lipinski definition) is 0. The van der Waals surface area contributed by atoms with Crippen LogP contribution >= 0.6 is 11.8 Å². The van der Waals surface area contributed by atoms with Gasteiger partial charge in [0.15, 0.2) is 0 Å². The molecular formula is C14H12F2S. The summed E-state index contributed by atoms with van der Waals surface area (Å²) in [6, 6.07) is 16.1. The summed E-state index contributed by atoms with van der Waals surface area (Å²) in [6.45, 7) is 0. The summed E-state index contributed by atoms with van der Waals surface area (Å²) in [6.07, 6.45) is 1.41. The first kappa shape index (κ1) is 12.1. The van der Waals surface area contributed by atoms with Crippen molar-refractivity contribution in [1.82, 2.24) is 0 Å². The molecule has 0 aliphatic rings. The minimum Gasteiger partial charge on any atom is -0.189 e. The average molecular weight is 250 g/mol. The molecule has 0 aliphatic heterocycles. The van der Waals surface area contributed by atoms with Crippen LogP contribution in [0.25, 0.3) is 11.1 Å². The maximum Gasteiger partial charge on any atom is 0.319 e. The van der Waals surface area contributed by atoms with E-state index in [4.69, 9.17) is 0 Å². The van der Waals surface area contributed by atoms with Gasteiger partial charge in [0, 0.05) is 5.56 Å². The zero-order chi connectivity index (χ0) is 12.3. The second kappa shape index (κ2) is 4.88. The van der Waals surface area contributed by atoms with Crippen LogP contribution in [0, 0.1) is 0 Å². The van der Waals surface area contributed by atoms with Crippen LogP contribution in [0.2, 0.25) is 0 Å². The molecule has 0 unspecified atom stereocenters. The first-order chi connectivity index (χ1) is 8.13. The lowest BCUT2D eigenvalue weighted by Crippen LogP contribution is -2.06. The summed E-state index contributed by atoms with van der Waals surface area (Å²) in [7, 11) is 0. The molecule has 0 heterocycles. The van der Waals surface area contributed by atoms with Gasteiger partial charge in [-0.25, -0.2) is 0 Å². The maximum absolute atomic E-state index is 13.4. The Morgan fingerprint density at radius 1 is 0.824 bits per heavy atom. The van der Waals surface area contributed by atoms with Crippen molar-refractivity contribution >= 4 is 11.8 Å². The van der Waals surface area contributed by atoms with E-state index in [0.717, 1.165) is 11.1 Å². The van der Waals surface area contributed by atoms with Crippen LogP contribution in [-0.4, -0.2) is 6.26 Å². The van der Waals surface area contributed by atoms with E-state index in [1.165, 1.54) is 18.4 Å². The molecular weight excluding hydrogens is 238 g/mol. The summed E-state index contributed by atoms with van der Waals surface area (Å²) in [5.41, 5.74) is 2.03. The lowest BCUT2D eigenvalue weighted by atomic mass is 10.0. The first-order valence-corrected chi connectivity index (χ1v) is 6.45. The predicted molar refractivity (Wildman–Crippen MR) is 69.3 cm³/mol. The van der Waals surface area contributed by atoms with Crippen molar-refractivity contribution in [1.29, 1.82) is 0 Å². The normalized spacial score (nSPS) is 11.5. The first-order valence-electron chi connectivity index (χ1n) is 5.22. The molecule has 0 saturated heterocycles. The van der Waals surface area contributed by atoms with Crippen molar-refractivity contribution < 1.29 is 8.78 Å². The van der Waals surface area contributed by atoms with Crippen LogP contribution in [0.4, 0.5) is 8.78 Å². The summed E-state index contributed by atoms with van der Waals surface area (Å²) in [5, 5.41) is -2.81. The topological polar surface area (TPSA) is 0 Å². The quantitative estimate of drug-likeness (QED) is 0.756. The van der Waals surface area contributed by atoms with E-state index in [0.29, 0.717) is 11.8 Å². The van der Waals surface area contributed by atoms with Gasteiger partial charge in [-0.1, -0.05) is 66.4 Å². The molecule has 2 rings (SSSR count). The van der Waals surface area contributed by atoms with Crippen LogP contribution in [-0.2, 0) is 5.25 Å². The highest BCUT2D eigenvalue weighted by molar-refractivity contribution is 7.99. The van der Waals surface area contributed by atoms with Crippen LogP contribution in [0.3, 0.4) is 0 Å². The fourth-order valence-electron chi connectivity index (χ4n) is 1.61. The van der Waals surface area contributed by atoms with Crippen LogP contribution in [0.5, 0.6) is 0 Å². The van der Waals surface area contributed by atoms with Crippen molar-refractivity contribution in [3.63, 3.8) is 0 Å². The molecule has 0 aliphatic carbocycles. The highest BCUT2D eigenvalue weighted by Gasteiger charge is 2.29. The number of halogens is 2. The van der Waals surface area contributed by atoms with Gasteiger partial charge >= 0.3 is 5.25 Å². The SMILES string of the molecule is CSC(F)(F)c1ccc(-c2ccccc2)cc1. The third-order valence-corrected chi connectivity index (χ3v) is 3.33. The van der Waals surface area contributed by atoms with Gasteiger partial charge < -0.3 is 0 Å². The van der Waals surface area contributed by atoms with Crippen molar-refractivity contribution in [2.45, 2.75) is 5.25 Å². The van der Waals surface area contributed by atoms with Crippen molar-refractivity contribution in [2.75, 3.05) is 6.26 Å². The van der Waals surface area contributed by atoms with Gasteiger partial charge in [0.2, 0.25) is 0 Å². The standard InChI is InChI=1S/C14H12F2S/c1-17-14(15,16)13-9-7-12(8-10-13)11-5-3-2-4-6-11/h2-10H,1H3. The molecule has 0 fully saturated rings. The molecule has 0 aromatic heterocycles. The minimum atomic E-state index is -2.81. The van der Waals surface area contributed by atoms with Gasteiger partial charge in [-0.2, -0.15) is 8.78 Å². The average Bonchev–Trinajstić information content (AvgIpc) is 2.40. The predicted octanol–water partition coefficient (Wildman–Crippen LogP) is 4.77. The maximum atomic E-state index is 13.4. The third kappa shape index (κ3) is 2.67. The van der Waals surface area contributed by atoms with Gasteiger partial charge in [-0.15, -0.1) is 0 Å². The van der Waals surface area contributed by atoms with Crippen LogP contribution in [0.15, 0.2) is 54.6 Å². The molecule has 0 atom stereocenters. The number of thioether (sulfide) groups is 1. The highest BCUT2D eigenvalue weighted by atomic mass is 32.2. The molecule has 0 N–H and O–H groups in total. The van der Waals surface area contributed by atoms with Crippen LogP contribution < -0.4 is 0 Å². The van der Waals surface area contributed by atoms with Gasteiger partial charge in [0.25, 0.3) is 0 Å². The smallest absolute Gasteiger partial charge is 0.189 e. The van der Waals surface area contributed by atoms with E-state index in [2.05, 4.69) is 0 Å². The zero-order valence-electron chi connectivity index (χ0n) is 9.36. The van der Waals surface area contributed by atoms with Gasteiger partial charge in [-0.3, -0.25) is 0 Å². The molecule has 0 radical (unpaired) electrons. The third-order valence-electron chi connectivity index (χ3n) is 2.58. The van der Waals surface area contributed by atoms with Crippen molar-refractivity contribution in [2.24, 2.45) is 0 Å². The van der Waals surface area contributed by atoms with Crippen LogP contribution in [0.1, 0.15) is 5.56 Å². The number of rotatable bonds is 3. The summed E-state index contributed by atoms with van der Waals surface area (Å²) < 4.78 is 26.8. The Morgan fingerprint density at radius 3 is 1.88 bits per heavy atom. The van der Waals surface area contributed by atoms with Crippen molar-refractivity contribution in [3.8, 4) is 11.1 Å². The fraction of sp³-hybridized carbons (Fsp3) is 0.143. The summed E-state index contributed by atoms with van der Waals surface area (Å²) in [4.78, 5) is 0. The highest BCUT2D eigenvalue weighted by Crippen LogP contribution is 2.38. The Hall–Kier alpha value is -1.35. The Labute approximate surface area is 104 Å². The zero-order valence-corrected chi connectivity index (χ0v) is 10.2. The lowest BCUT2D eigenvalue weighted by molar-refractivity contribution is 0.106. The Bertz CT molecular complexity index is 477. The van der Waals surface area contributed by atoms with E-state index in [1.54, 1.807) is 12.1 Å². The van der Waals surface area contributed by atoms with Crippen molar-refractivity contribution in [3.05, 3.63) is 60.2 Å². The molecule has 88 valence electrons. The van der Waals surface area contributed by atoms with E-state index >= 15 is 0 Å².